The molecule has 0 spiro atoms. The highest BCUT2D eigenvalue weighted by Crippen LogP contribution is 2.41. The maximum atomic E-state index is 13.5. The first-order valence-corrected chi connectivity index (χ1v) is 11.3. The smallest absolute Gasteiger partial charge is 0.267 e. The Balaban J connectivity index is 1.76. The number of benzene rings is 1. The van der Waals surface area contributed by atoms with E-state index in [4.69, 9.17) is 28.2 Å². The Bertz CT molecular complexity index is 982. The van der Waals surface area contributed by atoms with Crippen LogP contribution >= 0.6 is 35.0 Å². The van der Waals surface area contributed by atoms with Gasteiger partial charge >= 0.3 is 0 Å². The fraction of sp³-hybridized carbons (Fsp3) is 0.318. The van der Waals surface area contributed by atoms with Crippen LogP contribution in [0.5, 0.6) is 0 Å². The Kier molecular flexibility index (Phi) is 6.28. The van der Waals surface area contributed by atoms with Crippen LogP contribution in [0.15, 0.2) is 52.6 Å². The first-order valence-electron chi connectivity index (χ1n) is 9.71. The summed E-state index contributed by atoms with van der Waals surface area (Å²) in [5, 5.41) is 1.84. The maximum absolute atomic E-state index is 13.5. The lowest BCUT2D eigenvalue weighted by molar-refractivity contribution is -0.124. The summed E-state index contributed by atoms with van der Waals surface area (Å²) in [6, 6.07) is 9.52. The molecule has 0 bridgehead atoms. The van der Waals surface area contributed by atoms with Gasteiger partial charge in [-0.3, -0.25) is 14.7 Å². The molecule has 1 aromatic carbocycles. The average Bonchev–Trinajstić information content (AvgIpc) is 3.06. The van der Waals surface area contributed by atoms with Crippen LogP contribution in [-0.2, 0) is 4.79 Å². The van der Waals surface area contributed by atoms with E-state index in [0.29, 0.717) is 25.8 Å². The van der Waals surface area contributed by atoms with Gasteiger partial charge in [0, 0.05) is 23.5 Å². The maximum Gasteiger partial charge on any atom is 0.267 e. The van der Waals surface area contributed by atoms with Gasteiger partial charge in [-0.1, -0.05) is 54.6 Å². The van der Waals surface area contributed by atoms with Gasteiger partial charge < -0.3 is 0 Å². The quantitative estimate of drug-likeness (QED) is 0.492. The number of thioether (sulfide) groups is 1. The first kappa shape index (κ1) is 20.5. The predicted octanol–water partition coefficient (Wildman–Crippen LogP) is 6.72. The van der Waals surface area contributed by atoms with Crippen molar-refractivity contribution >= 4 is 57.3 Å². The highest BCUT2D eigenvalue weighted by atomic mass is 35.5. The zero-order valence-electron chi connectivity index (χ0n) is 16.1. The topological polar surface area (TPSA) is 45.6 Å². The normalized spacial score (nSPS) is 21.1. The van der Waals surface area contributed by atoms with Crippen molar-refractivity contribution in [3.05, 3.63) is 63.2 Å². The number of halogens is 2. The minimum absolute atomic E-state index is 0.0262. The van der Waals surface area contributed by atoms with Gasteiger partial charge in [0.15, 0.2) is 5.17 Å². The zero-order valence-corrected chi connectivity index (χ0v) is 18.4. The SMILES string of the molecule is C/C(=C1/SC(=Nc2ccncc2Cl)N(C2CCCCC2)C1=O)c1ccc(Cl)cc1. The molecule has 2 heterocycles. The highest BCUT2D eigenvalue weighted by Gasteiger charge is 2.39. The molecular formula is C22H21Cl2N3OS. The number of hydrogen-bond acceptors (Lipinski definition) is 4. The van der Waals surface area contributed by atoms with Crippen LogP contribution in [0.25, 0.3) is 5.57 Å². The summed E-state index contributed by atoms with van der Waals surface area (Å²) in [4.78, 5) is 24.8. The molecule has 1 saturated heterocycles. The van der Waals surface area contributed by atoms with E-state index < -0.39 is 0 Å². The van der Waals surface area contributed by atoms with E-state index in [1.807, 2.05) is 36.1 Å². The van der Waals surface area contributed by atoms with Crippen LogP contribution in [0, 0.1) is 0 Å². The number of carbonyl (C=O) groups excluding carboxylic acids is 1. The van der Waals surface area contributed by atoms with E-state index in [-0.39, 0.29) is 11.9 Å². The molecule has 7 heteroatoms. The van der Waals surface area contributed by atoms with Gasteiger partial charge in [0.25, 0.3) is 5.91 Å². The van der Waals surface area contributed by atoms with Crippen molar-refractivity contribution in [1.82, 2.24) is 9.88 Å². The van der Waals surface area contributed by atoms with E-state index in [0.717, 1.165) is 36.8 Å². The third-order valence-corrected chi connectivity index (χ3v) is 7.04. The number of amides is 1. The van der Waals surface area contributed by atoms with Crippen molar-refractivity contribution < 1.29 is 4.79 Å². The summed E-state index contributed by atoms with van der Waals surface area (Å²) < 4.78 is 0. The molecule has 150 valence electrons. The van der Waals surface area contributed by atoms with Gasteiger partial charge in [-0.2, -0.15) is 0 Å². The van der Waals surface area contributed by atoms with Gasteiger partial charge in [-0.15, -0.1) is 0 Å². The molecule has 0 atom stereocenters. The number of nitrogens with zero attached hydrogens (tertiary/aromatic N) is 3. The van der Waals surface area contributed by atoms with Crippen molar-refractivity contribution in [1.29, 1.82) is 0 Å². The van der Waals surface area contributed by atoms with E-state index in [2.05, 4.69) is 4.98 Å². The van der Waals surface area contributed by atoms with Crippen LogP contribution in [0.1, 0.15) is 44.6 Å². The second-order valence-electron chi connectivity index (χ2n) is 7.25. The molecule has 1 saturated carbocycles. The lowest BCUT2D eigenvalue weighted by atomic mass is 9.94. The van der Waals surface area contributed by atoms with Crippen LogP contribution in [-0.4, -0.2) is 27.0 Å². The highest BCUT2D eigenvalue weighted by molar-refractivity contribution is 8.18. The summed E-state index contributed by atoms with van der Waals surface area (Å²) in [6.45, 7) is 1.98. The van der Waals surface area contributed by atoms with Gasteiger partial charge in [0.2, 0.25) is 0 Å². The summed E-state index contributed by atoms with van der Waals surface area (Å²) >= 11 is 13.7. The average molecular weight is 446 g/mol. The van der Waals surface area contributed by atoms with E-state index >= 15 is 0 Å². The standard InChI is InChI=1S/C22H21Cl2N3OS/c1-14(15-7-9-16(23)10-8-15)20-21(28)27(17-5-3-2-4-6-17)22(29-20)26-19-11-12-25-13-18(19)24/h7-13,17H,2-6H2,1H3/b20-14-,26-22?. The minimum atomic E-state index is 0.0262. The number of hydrogen-bond donors (Lipinski definition) is 0. The number of amidine groups is 1. The largest absolute Gasteiger partial charge is 0.283 e. The fourth-order valence-electron chi connectivity index (χ4n) is 3.75. The Labute approximate surface area is 185 Å². The Morgan fingerprint density at radius 2 is 1.86 bits per heavy atom. The zero-order chi connectivity index (χ0) is 20.4. The molecule has 1 aromatic heterocycles. The molecule has 0 N–H and O–H groups in total. The van der Waals surface area contributed by atoms with Crippen LogP contribution in [0.3, 0.4) is 0 Å². The summed E-state index contributed by atoms with van der Waals surface area (Å²) in [6.07, 6.45) is 8.73. The molecule has 2 aliphatic rings. The lowest BCUT2D eigenvalue weighted by Gasteiger charge is -2.30. The molecule has 2 fully saturated rings. The second kappa shape index (κ2) is 8.90. The summed E-state index contributed by atoms with van der Waals surface area (Å²) in [5.74, 6) is 0.0262. The third-order valence-electron chi connectivity index (χ3n) is 5.34. The molecule has 29 heavy (non-hydrogen) atoms. The number of allylic oxidation sites excluding steroid dienone is 1. The molecule has 0 radical (unpaired) electrons. The number of carbonyl (C=O) groups is 1. The van der Waals surface area contributed by atoms with Gasteiger partial charge in [0.05, 0.1) is 15.6 Å². The van der Waals surface area contributed by atoms with Crippen molar-refractivity contribution in [2.45, 2.75) is 45.1 Å². The Morgan fingerprint density at radius 1 is 1.14 bits per heavy atom. The number of pyridine rings is 1. The number of rotatable bonds is 3. The number of aromatic nitrogens is 1. The van der Waals surface area contributed by atoms with Crippen molar-refractivity contribution in [3.8, 4) is 0 Å². The minimum Gasteiger partial charge on any atom is -0.283 e. The van der Waals surface area contributed by atoms with E-state index in [9.17, 15) is 4.79 Å². The lowest BCUT2D eigenvalue weighted by Crippen LogP contribution is -2.40. The van der Waals surface area contributed by atoms with Crippen molar-refractivity contribution in [2.24, 2.45) is 4.99 Å². The van der Waals surface area contributed by atoms with Crippen LogP contribution in [0.4, 0.5) is 5.69 Å². The van der Waals surface area contributed by atoms with Gasteiger partial charge in [0.1, 0.15) is 0 Å². The van der Waals surface area contributed by atoms with E-state index in [1.54, 1.807) is 18.5 Å². The molecular weight excluding hydrogens is 425 g/mol. The number of aliphatic imine (C=N–C) groups is 1. The predicted molar refractivity (Wildman–Crippen MR) is 122 cm³/mol. The monoisotopic (exact) mass is 445 g/mol. The van der Waals surface area contributed by atoms with Crippen LogP contribution in [0.2, 0.25) is 10.0 Å². The molecule has 1 aliphatic heterocycles. The summed E-state index contributed by atoms with van der Waals surface area (Å²) in [7, 11) is 0. The Morgan fingerprint density at radius 3 is 2.55 bits per heavy atom. The van der Waals surface area contributed by atoms with Crippen molar-refractivity contribution in [3.63, 3.8) is 0 Å². The fourth-order valence-corrected chi connectivity index (χ4v) is 5.15. The second-order valence-corrected chi connectivity index (χ2v) is 9.07. The van der Waals surface area contributed by atoms with Gasteiger partial charge in [-0.05, 0) is 60.9 Å². The van der Waals surface area contributed by atoms with E-state index in [1.165, 1.54) is 18.2 Å². The first-order chi connectivity index (χ1) is 14.0. The molecule has 1 aliphatic carbocycles. The molecule has 4 nitrogen and oxygen atoms in total. The molecule has 4 rings (SSSR count). The van der Waals surface area contributed by atoms with Crippen molar-refractivity contribution in [2.75, 3.05) is 0 Å². The van der Waals surface area contributed by atoms with Gasteiger partial charge in [-0.25, -0.2) is 4.99 Å². The van der Waals surface area contributed by atoms with Crippen LogP contribution < -0.4 is 0 Å². The summed E-state index contributed by atoms with van der Waals surface area (Å²) in [5.41, 5.74) is 2.55. The molecule has 0 unspecified atom stereocenters. The Hall–Kier alpha value is -1.82. The molecule has 1 amide bonds. The third kappa shape index (κ3) is 4.37. The molecule has 2 aromatic rings.